The van der Waals surface area contributed by atoms with Crippen molar-refractivity contribution in [3.8, 4) is 23.4 Å². The lowest BCUT2D eigenvalue weighted by Gasteiger charge is -2.00. The number of hydrogen-bond acceptors (Lipinski definition) is 4. The van der Waals surface area contributed by atoms with Gasteiger partial charge in [-0.05, 0) is 18.2 Å². The van der Waals surface area contributed by atoms with Crippen LogP contribution in [0.1, 0.15) is 11.4 Å². The van der Waals surface area contributed by atoms with E-state index in [2.05, 4.69) is 16.0 Å². The minimum Gasteiger partial charge on any atom is -0.227 e. The van der Waals surface area contributed by atoms with Crippen LogP contribution in [0.5, 0.6) is 0 Å². The molecule has 0 N–H and O–H groups in total. The number of nitriles is 2. The maximum absolute atomic E-state index is 8.77. The highest BCUT2D eigenvalue weighted by Crippen LogP contribution is 2.17. The van der Waals surface area contributed by atoms with Gasteiger partial charge in [-0.15, -0.1) is 0 Å². The Kier molecular flexibility index (Phi) is 2.58. The monoisotopic (exact) mass is 206 g/mol. The third-order valence-corrected chi connectivity index (χ3v) is 2.04. The average Bonchev–Trinajstić information content (AvgIpc) is 2.39. The van der Waals surface area contributed by atoms with E-state index in [1.54, 1.807) is 24.3 Å². The molecule has 4 heteroatoms. The minimum atomic E-state index is 0.125. The molecule has 0 saturated heterocycles. The lowest BCUT2D eigenvalue weighted by Crippen LogP contribution is -1.91. The topological polar surface area (TPSA) is 73.4 Å². The molecule has 1 aromatic heterocycles. The van der Waals surface area contributed by atoms with E-state index in [1.807, 2.05) is 12.1 Å². The van der Waals surface area contributed by atoms with E-state index in [0.717, 1.165) is 5.56 Å². The molecule has 0 atom stereocenters. The zero-order valence-corrected chi connectivity index (χ0v) is 8.25. The number of rotatable bonds is 1. The van der Waals surface area contributed by atoms with Gasteiger partial charge in [0.15, 0.2) is 0 Å². The third-order valence-electron chi connectivity index (χ3n) is 2.04. The summed E-state index contributed by atoms with van der Waals surface area (Å²) < 4.78 is 0. The summed E-state index contributed by atoms with van der Waals surface area (Å²) in [6, 6.07) is 12.7. The number of nitrogens with zero attached hydrogens (tertiary/aromatic N) is 4. The van der Waals surface area contributed by atoms with Crippen LogP contribution in [0, 0.1) is 22.7 Å². The fraction of sp³-hybridized carbons (Fsp3) is 0. The molecule has 0 radical (unpaired) electrons. The summed E-state index contributed by atoms with van der Waals surface area (Å²) in [6.45, 7) is 0. The Balaban J connectivity index is 2.51. The molecule has 16 heavy (non-hydrogen) atoms. The Morgan fingerprint density at radius 3 is 2.69 bits per heavy atom. The maximum Gasteiger partial charge on any atom is 0.232 e. The lowest BCUT2D eigenvalue weighted by atomic mass is 10.1. The standard InChI is InChI=1S/C12H6N4/c13-7-9-2-1-3-10(6-9)11-4-5-15-12(8-14)16-11/h1-6H. The molecule has 0 aliphatic heterocycles. The molecule has 0 spiro atoms. The molecule has 0 fully saturated rings. The van der Waals surface area contributed by atoms with Crippen LogP contribution >= 0.6 is 0 Å². The smallest absolute Gasteiger partial charge is 0.227 e. The van der Waals surface area contributed by atoms with Gasteiger partial charge in [-0.3, -0.25) is 0 Å². The first kappa shape index (κ1) is 9.82. The van der Waals surface area contributed by atoms with Crippen LogP contribution in [-0.4, -0.2) is 9.97 Å². The highest BCUT2D eigenvalue weighted by molar-refractivity contribution is 5.61. The van der Waals surface area contributed by atoms with Crippen LogP contribution < -0.4 is 0 Å². The summed E-state index contributed by atoms with van der Waals surface area (Å²) in [7, 11) is 0. The predicted molar refractivity (Wildman–Crippen MR) is 56.9 cm³/mol. The van der Waals surface area contributed by atoms with E-state index in [-0.39, 0.29) is 5.82 Å². The predicted octanol–water partition coefficient (Wildman–Crippen LogP) is 1.89. The van der Waals surface area contributed by atoms with E-state index >= 15 is 0 Å². The molecule has 74 valence electrons. The first-order valence-electron chi connectivity index (χ1n) is 4.57. The maximum atomic E-state index is 8.77. The van der Waals surface area contributed by atoms with Gasteiger partial charge in [0.25, 0.3) is 0 Å². The second-order valence-corrected chi connectivity index (χ2v) is 3.07. The van der Waals surface area contributed by atoms with Gasteiger partial charge in [-0.1, -0.05) is 12.1 Å². The Bertz CT molecular complexity index is 549. The quantitative estimate of drug-likeness (QED) is 0.714. The van der Waals surface area contributed by atoms with Crippen LogP contribution in [0.3, 0.4) is 0 Å². The Hall–Kier alpha value is -2.72. The van der Waals surface area contributed by atoms with Gasteiger partial charge in [-0.2, -0.15) is 10.5 Å². The first-order chi connectivity index (χ1) is 7.83. The highest BCUT2D eigenvalue weighted by Gasteiger charge is 2.02. The zero-order chi connectivity index (χ0) is 11.4. The van der Waals surface area contributed by atoms with Crippen molar-refractivity contribution < 1.29 is 0 Å². The van der Waals surface area contributed by atoms with Crippen molar-refractivity contribution in [2.45, 2.75) is 0 Å². The summed E-state index contributed by atoms with van der Waals surface area (Å²) in [5.74, 6) is 0.125. The normalized spacial score (nSPS) is 9.12. The van der Waals surface area contributed by atoms with Crippen molar-refractivity contribution in [2.24, 2.45) is 0 Å². The third kappa shape index (κ3) is 1.87. The first-order valence-corrected chi connectivity index (χ1v) is 4.57. The summed E-state index contributed by atoms with van der Waals surface area (Å²) in [6.07, 6.45) is 1.53. The van der Waals surface area contributed by atoms with Crippen molar-refractivity contribution >= 4 is 0 Å². The molecule has 4 nitrogen and oxygen atoms in total. The van der Waals surface area contributed by atoms with E-state index in [1.165, 1.54) is 6.20 Å². The van der Waals surface area contributed by atoms with Gasteiger partial charge >= 0.3 is 0 Å². The molecule has 0 aliphatic carbocycles. The van der Waals surface area contributed by atoms with Crippen molar-refractivity contribution in [2.75, 3.05) is 0 Å². The molecule has 1 heterocycles. The zero-order valence-electron chi connectivity index (χ0n) is 8.25. The van der Waals surface area contributed by atoms with Crippen molar-refractivity contribution in [1.82, 2.24) is 9.97 Å². The summed E-state index contributed by atoms with van der Waals surface area (Å²) >= 11 is 0. The molecule has 0 aliphatic rings. The molecule has 2 aromatic rings. The van der Waals surface area contributed by atoms with Gasteiger partial charge in [0.2, 0.25) is 5.82 Å². The molecule has 2 rings (SSSR count). The van der Waals surface area contributed by atoms with Crippen LogP contribution in [0.4, 0.5) is 0 Å². The van der Waals surface area contributed by atoms with Crippen LogP contribution in [0.25, 0.3) is 11.3 Å². The van der Waals surface area contributed by atoms with Gasteiger partial charge < -0.3 is 0 Å². The number of benzene rings is 1. The summed E-state index contributed by atoms with van der Waals surface area (Å²) in [4.78, 5) is 7.84. The number of hydrogen-bond donors (Lipinski definition) is 0. The van der Waals surface area contributed by atoms with Gasteiger partial charge in [0.05, 0.1) is 17.3 Å². The average molecular weight is 206 g/mol. The fourth-order valence-corrected chi connectivity index (χ4v) is 1.32. The van der Waals surface area contributed by atoms with Gasteiger partial charge in [-0.25, -0.2) is 9.97 Å². The SMILES string of the molecule is N#Cc1cccc(-c2ccnc(C#N)n2)c1. The molecule has 1 aromatic carbocycles. The molecule has 0 amide bonds. The molecule has 0 bridgehead atoms. The minimum absolute atomic E-state index is 0.125. The van der Waals surface area contributed by atoms with Crippen molar-refractivity contribution in [1.29, 1.82) is 10.5 Å². The van der Waals surface area contributed by atoms with E-state index < -0.39 is 0 Å². The van der Waals surface area contributed by atoms with Crippen LogP contribution in [-0.2, 0) is 0 Å². The van der Waals surface area contributed by atoms with Crippen molar-refractivity contribution in [3.63, 3.8) is 0 Å². The van der Waals surface area contributed by atoms with Crippen LogP contribution in [0.2, 0.25) is 0 Å². The Morgan fingerprint density at radius 1 is 1.06 bits per heavy atom. The Labute approximate surface area is 92.4 Å². The van der Waals surface area contributed by atoms with Crippen LogP contribution in [0.15, 0.2) is 36.5 Å². The molecule has 0 saturated carbocycles. The summed E-state index contributed by atoms with van der Waals surface area (Å²) in [5, 5.41) is 17.5. The van der Waals surface area contributed by atoms with E-state index in [0.29, 0.717) is 11.3 Å². The van der Waals surface area contributed by atoms with Gasteiger partial charge in [0.1, 0.15) is 6.07 Å². The second kappa shape index (κ2) is 4.20. The Morgan fingerprint density at radius 2 is 1.94 bits per heavy atom. The fourth-order valence-electron chi connectivity index (χ4n) is 1.32. The number of aromatic nitrogens is 2. The van der Waals surface area contributed by atoms with E-state index in [4.69, 9.17) is 10.5 Å². The highest BCUT2D eigenvalue weighted by atomic mass is 14.9. The molecular weight excluding hydrogens is 200 g/mol. The van der Waals surface area contributed by atoms with Crippen molar-refractivity contribution in [3.05, 3.63) is 47.9 Å². The largest absolute Gasteiger partial charge is 0.232 e. The molecule has 0 unspecified atom stereocenters. The molecular formula is C12H6N4. The second-order valence-electron chi connectivity index (χ2n) is 3.07. The van der Waals surface area contributed by atoms with E-state index in [9.17, 15) is 0 Å². The lowest BCUT2D eigenvalue weighted by molar-refractivity contribution is 1.12. The summed E-state index contributed by atoms with van der Waals surface area (Å²) in [5.41, 5.74) is 2.01. The van der Waals surface area contributed by atoms with Gasteiger partial charge in [0, 0.05) is 11.8 Å².